The maximum atomic E-state index is 11.9. The van der Waals surface area contributed by atoms with Gasteiger partial charge in [0, 0.05) is 26.9 Å². The first-order valence-corrected chi connectivity index (χ1v) is 7.05. The molecule has 0 aromatic heterocycles. The van der Waals surface area contributed by atoms with Crippen LogP contribution in [0.3, 0.4) is 0 Å². The second kappa shape index (κ2) is 6.20. The lowest BCUT2D eigenvalue weighted by Gasteiger charge is -2.40. The molecule has 0 fully saturated rings. The summed E-state index contributed by atoms with van der Waals surface area (Å²) in [5, 5.41) is 10.7. The topological polar surface area (TPSA) is 65.0 Å². The molecule has 0 radical (unpaired) electrons. The van der Waals surface area contributed by atoms with Gasteiger partial charge in [0.2, 0.25) is 5.79 Å². The Morgan fingerprint density at radius 2 is 2.05 bits per heavy atom. The Balaban J connectivity index is 3.11. The van der Waals surface area contributed by atoms with Crippen LogP contribution >= 0.6 is 0 Å². The molecule has 0 bridgehead atoms. The van der Waals surface area contributed by atoms with E-state index in [2.05, 4.69) is 6.58 Å². The fraction of sp³-hybridized carbons (Fsp3) is 0.688. The number of aliphatic hydroxyl groups excluding tert-OH is 1. The highest BCUT2D eigenvalue weighted by Gasteiger charge is 2.42. The van der Waals surface area contributed by atoms with E-state index < -0.39 is 29.4 Å². The number of methoxy groups -OCH3 is 1. The van der Waals surface area contributed by atoms with Gasteiger partial charge in [-0.1, -0.05) is 13.0 Å². The zero-order chi connectivity index (χ0) is 16.4. The van der Waals surface area contributed by atoms with Gasteiger partial charge in [0.15, 0.2) is 0 Å². The van der Waals surface area contributed by atoms with Crippen molar-refractivity contribution >= 4 is 5.97 Å². The molecule has 3 atom stereocenters. The molecule has 120 valence electrons. The maximum Gasteiger partial charge on any atom is 0.340 e. The van der Waals surface area contributed by atoms with E-state index in [9.17, 15) is 9.90 Å². The molecule has 1 heterocycles. The Morgan fingerprint density at radius 3 is 2.52 bits per heavy atom. The minimum absolute atomic E-state index is 0.373. The fourth-order valence-corrected chi connectivity index (χ4v) is 2.48. The predicted molar refractivity (Wildman–Crippen MR) is 79.4 cm³/mol. The third-order valence-corrected chi connectivity index (χ3v) is 3.90. The number of hydrogen-bond donors (Lipinski definition) is 1. The Bertz CT molecular complexity index is 452. The van der Waals surface area contributed by atoms with Gasteiger partial charge in [-0.05, 0) is 20.3 Å². The summed E-state index contributed by atoms with van der Waals surface area (Å²) in [6.45, 7) is 12.3. The number of cyclic esters (lactones) is 1. The molecule has 1 rings (SSSR count). The number of carbonyl (C=O) groups is 1. The third-order valence-electron chi connectivity index (χ3n) is 3.90. The van der Waals surface area contributed by atoms with Crippen molar-refractivity contribution in [2.75, 3.05) is 7.11 Å². The van der Waals surface area contributed by atoms with E-state index >= 15 is 0 Å². The van der Waals surface area contributed by atoms with E-state index in [0.29, 0.717) is 17.8 Å². The summed E-state index contributed by atoms with van der Waals surface area (Å²) in [7, 11) is 1.54. The largest absolute Gasteiger partial charge is 0.456 e. The van der Waals surface area contributed by atoms with Crippen molar-refractivity contribution in [2.24, 2.45) is 5.92 Å². The first-order valence-electron chi connectivity index (χ1n) is 7.05. The molecule has 3 unspecified atom stereocenters. The van der Waals surface area contributed by atoms with Gasteiger partial charge in [0.05, 0.1) is 17.3 Å². The monoisotopic (exact) mass is 298 g/mol. The second-order valence-electron chi connectivity index (χ2n) is 6.12. The number of ether oxygens (including phenoxy) is 3. The normalized spacial score (nSPS) is 23.7. The number of esters is 1. The van der Waals surface area contributed by atoms with E-state index in [1.54, 1.807) is 47.8 Å². The fourth-order valence-electron chi connectivity index (χ4n) is 2.48. The van der Waals surface area contributed by atoms with Gasteiger partial charge in [0.1, 0.15) is 5.76 Å². The van der Waals surface area contributed by atoms with Crippen LogP contribution < -0.4 is 0 Å². The summed E-state index contributed by atoms with van der Waals surface area (Å²) >= 11 is 0. The van der Waals surface area contributed by atoms with Gasteiger partial charge in [-0.25, -0.2) is 4.79 Å². The van der Waals surface area contributed by atoms with E-state index in [-0.39, 0.29) is 0 Å². The van der Waals surface area contributed by atoms with Gasteiger partial charge < -0.3 is 19.3 Å². The average molecular weight is 298 g/mol. The molecule has 0 saturated heterocycles. The number of aliphatic hydroxyl groups is 1. The SMILES string of the molecule is C=CCC(C)(OC)C(O)C(C)C1=C(C)C(=O)OC(C)(C)O1. The van der Waals surface area contributed by atoms with Crippen molar-refractivity contribution in [1.29, 1.82) is 0 Å². The van der Waals surface area contributed by atoms with Crippen molar-refractivity contribution in [2.45, 2.75) is 58.5 Å². The summed E-state index contributed by atoms with van der Waals surface area (Å²) in [5.41, 5.74) is -0.429. The standard InChI is InChI=1S/C16H26O5/c1-8-9-16(6,19-7)13(17)10(2)12-11(3)14(18)21-15(4,5)20-12/h8,10,13,17H,1,9H2,2-7H3. The molecule has 0 spiro atoms. The van der Waals surface area contributed by atoms with Crippen LogP contribution in [0.1, 0.15) is 41.0 Å². The summed E-state index contributed by atoms with van der Waals surface area (Å²) in [6.07, 6.45) is 1.32. The molecule has 1 aliphatic rings. The first-order chi connectivity index (χ1) is 9.58. The third kappa shape index (κ3) is 3.66. The van der Waals surface area contributed by atoms with Crippen molar-refractivity contribution in [3.63, 3.8) is 0 Å². The Kier molecular flexibility index (Phi) is 5.23. The van der Waals surface area contributed by atoms with E-state index in [0.717, 1.165) is 0 Å². The molecule has 0 aliphatic carbocycles. The quantitative estimate of drug-likeness (QED) is 0.603. The van der Waals surface area contributed by atoms with Gasteiger partial charge in [0.25, 0.3) is 0 Å². The predicted octanol–water partition coefficient (Wildman–Crippen LogP) is 2.55. The smallest absolute Gasteiger partial charge is 0.340 e. The second-order valence-corrected chi connectivity index (χ2v) is 6.12. The van der Waals surface area contributed by atoms with Crippen LogP contribution in [0.4, 0.5) is 0 Å². The highest BCUT2D eigenvalue weighted by atomic mass is 16.7. The van der Waals surface area contributed by atoms with Gasteiger partial charge in [-0.3, -0.25) is 0 Å². The minimum atomic E-state index is -1.04. The highest BCUT2D eigenvalue weighted by Crippen LogP contribution is 2.36. The molecule has 0 aromatic rings. The number of rotatable bonds is 6. The van der Waals surface area contributed by atoms with Crippen molar-refractivity contribution in [1.82, 2.24) is 0 Å². The lowest BCUT2D eigenvalue weighted by molar-refractivity contribution is -0.215. The molecule has 21 heavy (non-hydrogen) atoms. The van der Waals surface area contributed by atoms with E-state index in [1.807, 2.05) is 0 Å². The maximum absolute atomic E-state index is 11.9. The summed E-state index contributed by atoms with van der Waals surface area (Å²) in [6, 6.07) is 0. The molecule has 5 nitrogen and oxygen atoms in total. The Hall–Kier alpha value is -1.33. The van der Waals surface area contributed by atoms with Crippen molar-refractivity contribution < 1.29 is 24.1 Å². The van der Waals surface area contributed by atoms with Crippen LogP contribution in [-0.2, 0) is 19.0 Å². The van der Waals surface area contributed by atoms with Gasteiger partial charge >= 0.3 is 5.97 Å². The molecule has 1 N–H and O–H groups in total. The van der Waals surface area contributed by atoms with Gasteiger partial charge in [-0.15, -0.1) is 6.58 Å². The molecule has 0 aromatic carbocycles. The van der Waals surface area contributed by atoms with Crippen molar-refractivity contribution in [3.05, 3.63) is 24.0 Å². The first kappa shape index (κ1) is 17.7. The Morgan fingerprint density at radius 1 is 1.48 bits per heavy atom. The number of carbonyl (C=O) groups excluding carboxylic acids is 1. The summed E-state index contributed by atoms with van der Waals surface area (Å²) in [4.78, 5) is 11.9. The lowest BCUT2D eigenvalue weighted by atomic mass is 9.84. The summed E-state index contributed by atoms with van der Waals surface area (Å²) < 4.78 is 16.4. The zero-order valence-electron chi connectivity index (χ0n) is 13.7. The molecule has 5 heteroatoms. The van der Waals surface area contributed by atoms with Crippen LogP contribution in [0.5, 0.6) is 0 Å². The zero-order valence-corrected chi connectivity index (χ0v) is 13.7. The van der Waals surface area contributed by atoms with Crippen LogP contribution in [-0.4, -0.2) is 35.7 Å². The Labute approximate surface area is 126 Å². The van der Waals surface area contributed by atoms with E-state index in [4.69, 9.17) is 14.2 Å². The summed E-state index contributed by atoms with van der Waals surface area (Å²) in [5.74, 6) is -1.44. The minimum Gasteiger partial charge on any atom is -0.456 e. The average Bonchev–Trinajstić information content (AvgIpc) is 2.40. The van der Waals surface area contributed by atoms with Crippen LogP contribution in [0, 0.1) is 5.92 Å². The molecular weight excluding hydrogens is 272 g/mol. The number of hydrogen-bond acceptors (Lipinski definition) is 5. The van der Waals surface area contributed by atoms with Gasteiger partial charge in [-0.2, -0.15) is 0 Å². The molecule has 0 saturated carbocycles. The van der Waals surface area contributed by atoms with Crippen LogP contribution in [0.15, 0.2) is 24.0 Å². The van der Waals surface area contributed by atoms with Crippen LogP contribution in [0.2, 0.25) is 0 Å². The van der Waals surface area contributed by atoms with E-state index in [1.165, 1.54) is 0 Å². The molecule has 1 aliphatic heterocycles. The highest BCUT2D eigenvalue weighted by molar-refractivity contribution is 5.89. The van der Waals surface area contributed by atoms with Crippen molar-refractivity contribution in [3.8, 4) is 0 Å². The molecule has 0 amide bonds. The van der Waals surface area contributed by atoms with Crippen LogP contribution in [0.25, 0.3) is 0 Å². The molecular formula is C16H26O5. The lowest BCUT2D eigenvalue weighted by Crippen LogP contribution is -2.47.